The number of carbonyl (C=O) groups excluding carboxylic acids is 1. The predicted molar refractivity (Wildman–Crippen MR) is 95.8 cm³/mol. The standard InChI is InChI=1S/C19H20BrNO2/c20-15-5-3-4-14(12-15)13-19(22)21-16-8-10-18(11-9-16)23-17-6-1-2-7-17/h3-5,8-12,17H,1-2,6-7,13H2,(H,21,22). The molecule has 1 amide bonds. The molecule has 0 spiro atoms. The molecule has 3 nitrogen and oxygen atoms in total. The van der Waals surface area contributed by atoms with E-state index in [0.29, 0.717) is 12.5 Å². The molecular formula is C19H20BrNO2. The molecule has 2 aromatic rings. The van der Waals surface area contributed by atoms with Gasteiger partial charge in [-0.2, -0.15) is 0 Å². The zero-order chi connectivity index (χ0) is 16.1. The fraction of sp³-hybridized carbons (Fsp3) is 0.316. The highest BCUT2D eigenvalue weighted by atomic mass is 79.9. The number of benzene rings is 2. The van der Waals surface area contributed by atoms with Gasteiger partial charge < -0.3 is 10.1 Å². The van der Waals surface area contributed by atoms with E-state index in [1.165, 1.54) is 12.8 Å². The molecular weight excluding hydrogens is 354 g/mol. The van der Waals surface area contributed by atoms with E-state index in [-0.39, 0.29) is 5.91 Å². The molecule has 120 valence electrons. The minimum atomic E-state index is -0.0208. The first-order chi connectivity index (χ1) is 11.2. The number of rotatable bonds is 5. The van der Waals surface area contributed by atoms with Crippen LogP contribution in [0.1, 0.15) is 31.2 Å². The van der Waals surface area contributed by atoms with Crippen molar-refractivity contribution >= 4 is 27.5 Å². The molecule has 3 rings (SSSR count). The van der Waals surface area contributed by atoms with Crippen LogP contribution in [-0.2, 0) is 11.2 Å². The second-order valence-corrected chi connectivity index (χ2v) is 6.82. The van der Waals surface area contributed by atoms with Gasteiger partial charge in [-0.15, -0.1) is 0 Å². The summed E-state index contributed by atoms with van der Waals surface area (Å²) in [5.74, 6) is 0.856. The van der Waals surface area contributed by atoms with Crippen molar-refractivity contribution in [2.24, 2.45) is 0 Å². The van der Waals surface area contributed by atoms with Crippen LogP contribution in [0.5, 0.6) is 5.75 Å². The Balaban J connectivity index is 1.54. The molecule has 2 aromatic carbocycles. The normalized spacial score (nSPS) is 14.7. The Labute approximate surface area is 145 Å². The molecule has 1 N–H and O–H groups in total. The zero-order valence-electron chi connectivity index (χ0n) is 12.9. The Hall–Kier alpha value is -1.81. The fourth-order valence-corrected chi connectivity index (χ4v) is 3.30. The SMILES string of the molecule is O=C(Cc1cccc(Br)c1)Nc1ccc(OC2CCCC2)cc1. The second-order valence-electron chi connectivity index (χ2n) is 5.90. The van der Waals surface area contributed by atoms with Gasteiger partial charge in [0, 0.05) is 10.2 Å². The summed E-state index contributed by atoms with van der Waals surface area (Å²) in [6.07, 6.45) is 5.52. The van der Waals surface area contributed by atoms with E-state index < -0.39 is 0 Å². The van der Waals surface area contributed by atoms with Crippen molar-refractivity contribution in [3.05, 3.63) is 58.6 Å². The number of nitrogens with one attached hydrogen (secondary N) is 1. The Morgan fingerprint density at radius 1 is 1.13 bits per heavy atom. The third kappa shape index (κ3) is 4.83. The monoisotopic (exact) mass is 373 g/mol. The minimum absolute atomic E-state index is 0.0208. The number of halogens is 1. The summed E-state index contributed by atoms with van der Waals surface area (Å²) in [5, 5.41) is 2.92. The van der Waals surface area contributed by atoms with E-state index in [2.05, 4.69) is 21.2 Å². The summed E-state index contributed by atoms with van der Waals surface area (Å²) in [6.45, 7) is 0. The number of hydrogen-bond donors (Lipinski definition) is 1. The maximum absolute atomic E-state index is 12.1. The van der Waals surface area contributed by atoms with Gasteiger partial charge in [-0.1, -0.05) is 28.1 Å². The molecule has 4 heteroatoms. The van der Waals surface area contributed by atoms with Crippen molar-refractivity contribution in [1.82, 2.24) is 0 Å². The highest BCUT2D eigenvalue weighted by molar-refractivity contribution is 9.10. The third-order valence-corrected chi connectivity index (χ3v) is 4.49. The van der Waals surface area contributed by atoms with Gasteiger partial charge >= 0.3 is 0 Å². The number of anilines is 1. The van der Waals surface area contributed by atoms with Crippen LogP contribution in [0.2, 0.25) is 0 Å². The summed E-state index contributed by atoms with van der Waals surface area (Å²) < 4.78 is 6.91. The lowest BCUT2D eigenvalue weighted by atomic mass is 10.1. The van der Waals surface area contributed by atoms with Gasteiger partial charge in [-0.25, -0.2) is 0 Å². The zero-order valence-corrected chi connectivity index (χ0v) is 14.5. The van der Waals surface area contributed by atoms with Gasteiger partial charge in [0.1, 0.15) is 5.75 Å². The number of ether oxygens (including phenoxy) is 1. The molecule has 0 aliphatic heterocycles. The average Bonchev–Trinajstić information content (AvgIpc) is 3.02. The van der Waals surface area contributed by atoms with E-state index in [9.17, 15) is 4.79 Å². The summed E-state index contributed by atoms with van der Waals surface area (Å²) in [4.78, 5) is 12.1. The molecule has 1 aliphatic rings. The van der Waals surface area contributed by atoms with Gasteiger partial charge in [0.2, 0.25) is 5.91 Å². The van der Waals surface area contributed by atoms with Crippen molar-refractivity contribution in [2.45, 2.75) is 38.2 Å². The molecule has 0 bridgehead atoms. The van der Waals surface area contributed by atoms with Crippen LogP contribution in [0.25, 0.3) is 0 Å². The molecule has 1 fully saturated rings. The van der Waals surface area contributed by atoms with Crippen LogP contribution < -0.4 is 10.1 Å². The van der Waals surface area contributed by atoms with Crippen molar-refractivity contribution < 1.29 is 9.53 Å². The largest absolute Gasteiger partial charge is 0.490 e. The van der Waals surface area contributed by atoms with Gasteiger partial charge in [0.25, 0.3) is 0 Å². The van der Waals surface area contributed by atoms with Crippen molar-refractivity contribution in [3.8, 4) is 5.75 Å². The van der Waals surface area contributed by atoms with Gasteiger partial charge in [-0.05, 0) is 67.6 Å². The Morgan fingerprint density at radius 3 is 2.57 bits per heavy atom. The molecule has 0 atom stereocenters. The number of carbonyl (C=O) groups is 1. The Kier molecular flexibility index (Phi) is 5.34. The van der Waals surface area contributed by atoms with Crippen LogP contribution in [-0.4, -0.2) is 12.0 Å². The fourth-order valence-electron chi connectivity index (χ4n) is 2.85. The molecule has 0 unspecified atom stereocenters. The summed E-state index contributed by atoms with van der Waals surface area (Å²) >= 11 is 3.42. The predicted octanol–water partition coefficient (Wildman–Crippen LogP) is 4.95. The minimum Gasteiger partial charge on any atom is -0.490 e. The Morgan fingerprint density at radius 2 is 1.87 bits per heavy atom. The smallest absolute Gasteiger partial charge is 0.228 e. The lowest BCUT2D eigenvalue weighted by Gasteiger charge is -2.13. The van der Waals surface area contributed by atoms with Gasteiger partial charge in [0.15, 0.2) is 0 Å². The van der Waals surface area contributed by atoms with Crippen molar-refractivity contribution in [3.63, 3.8) is 0 Å². The van der Waals surface area contributed by atoms with E-state index >= 15 is 0 Å². The van der Waals surface area contributed by atoms with Crippen molar-refractivity contribution in [1.29, 1.82) is 0 Å². The van der Waals surface area contributed by atoms with Crippen LogP contribution in [0.3, 0.4) is 0 Å². The molecule has 0 saturated heterocycles. The molecule has 23 heavy (non-hydrogen) atoms. The molecule has 0 radical (unpaired) electrons. The molecule has 1 saturated carbocycles. The lowest BCUT2D eigenvalue weighted by Crippen LogP contribution is -2.14. The highest BCUT2D eigenvalue weighted by Gasteiger charge is 2.16. The molecule has 1 aliphatic carbocycles. The van der Waals surface area contributed by atoms with E-state index in [4.69, 9.17) is 4.74 Å². The maximum atomic E-state index is 12.1. The summed E-state index contributed by atoms with van der Waals surface area (Å²) in [6, 6.07) is 15.4. The first-order valence-electron chi connectivity index (χ1n) is 8.00. The Bertz CT molecular complexity index is 663. The van der Waals surface area contributed by atoms with Gasteiger partial charge in [0.05, 0.1) is 12.5 Å². The van der Waals surface area contributed by atoms with E-state index in [0.717, 1.165) is 34.3 Å². The average molecular weight is 374 g/mol. The lowest BCUT2D eigenvalue weighted by molar-refractivity contribution is -0.115. The maximum Gasteiger partial charge on any atom is 0.228 e. The van der Waals surface area contributed by atoms with E-state index in [1.807, 2.05) is 48.5 Å². The van der Waals surface area contributed by atoms with Crippen LogP contribution in [0.4, 0.5) is 5.69 Å². The quantitative estimate of drug-likeness (QED) is 0.804. The highest BCUT2D eigenvalue weighted by Crippen LogP contribution is 2.25. The summed E-state index contributed by atoms with van der Waals surface area (Å²) in [7, 11) is 0. The second kappa shape index (κ2) is 7.64. The van der Waals surface area contributed by atoms with Crippen molar-refractivity contribution in [2.75, 3.05) is 5.32 Å². The van der Waals surface area contributed by atoms with E-state index in [1.54, 1.807) is 0 Å². The van der Waals surface area contributed by atoms with Gasteiger partial charge in [-0.3, -0.25) is 4.79 Å². The molecule has 0 aromatic heterocycles. The summed E-state index contributed by atoms with van der Waals surface area (Å²) in [5.41, 5.74) is 1.78. The topological polar surface area (TPSA) is 38.3 Å². The van der Waals surface area contributed by atoms with Crippen LogP contribution in [0.15, 0.2) is 53.0 Å². The number of hydrogen-bond acceptors (Lipinski definition) is 2. The third-order valence-electron chi connectivity index (χ3n) is 4.00. The first kappa shape index (κ1) is 16.1. The first-order valence-corrected chi connectivity index (χ1v) is 8.79. The van der Waals surface area contributed by atoms with Crippen LogP contribution in [0, 0.1) is 0 Å². The number of amides is 1. The molecule has 0 heterocycles. The van der Waals surface area contributed by atoms with Crippen LogP contribution >= 0.6 is 15.9 Å².